The van der Waals surface area contributed by atoms with Crippen LogP contribution in [0, 0.1) is 0 Å². The van der Waals surface area contributed by atoms with Crippen molar-refractivity contribution < 1.29 is 8.42 Å². The molecule has 2 unspecified atom stereocenters. The van der Waals surface area contributed by atoms with Crippen LogP contribution in [0.3, 0.4) is 0 Å². The Balaban J connectivity index is 1.95. The number of sulfone groups is 1. The molecule has 2 fully saturated rings. The van der Waals surface area contributed by atoms with Crippen LogP contribution in [0.2, 0.25) is 0 Å². The van der Waals surface area contributed by atoms with E-state index in [1.54, 1.807) is 0 Å². The molecule has 0 aliphatic carbocycles. The monoisotopic (exact) mass is 260 g/mol. The van der Waals surface area contributed by atoms with E-state index in [1.807, 2.05) is 0 Å². The molecule has 0 radical (unpaired) electrons. The van der Waals surface area contributed by atoms with Crippen molar-refractivity contribution in [1.29, 1.82) is 0 Å². The van der Waals surface area contributed by atoms with Crippen molar-refractivity contribution in [2.75, 3.05) is 31.6 Å². The van der Waals surface area contributed by atoms with Gasteiger partial charge in [0.25, 0.3) is 0 Å². The molecule has 17 heavy (non-hydrogen) atoms. The highest BCUT2D eigenvalue weighted by molar-refractivity contribution is 7.91. The molecule has 2 heterocycles. The van der Waals surface area contributed by atoms with Crippen molar-refractivity contribution in [3.8, 4) is 0 Å². The van der Waals surface area contributed by atoms with E-state index in [1.165, 1.54) is 12.8 Å². The Bertz CT molecular complexity index is 334. The molecule has 5 heteroatoms. The molecule has 0 aromatic rings. The van der Waals surface area contributed by atoms with Gasteiger partial charge in [0, 0.05) is 12.1 Å². The lowest BCUT2D eigenvalue weighted by molar-refractivity contribution is 0.161. The Hall–Kier alpha value is -0.130. The molecule has 2 aliphatic heterocycles. The summed E-state index contributed by atoms with van der Waals surface area (Å²) >= 11 is 0. The van der Waals surface area contributed by atoms with Gasteiger partial charge >= 0.3 is 0 Å². The van der Waals surface area contributed by atoms with Gasteiger partial charge in [-0.3, -0.25) is 4.90 Å². The van der Waals surface area contributed by atoms with Crippen LogP contribution in [-0.2, 0) is 9.84 Å². The Morgan fingerprint density at radius 2 is 1.82 bits per heavy atom. The Morgan fingerprint density at radius 1 is 1.06 bits per heavy atom. The van der Waals surface area contributed by atoms with E-state index in [0.29, 0.717) is 17.5 Å². The van der Waals surface area contributed by atoms with E-state index in [4.69, 9.17) is 0 Å². The van der Waals surface area contributed by atoms with Gasteiger partial charge in [-0.2, -0.15) is 0 Å². The normalized spacial score (nSPS) is 34.5. The highest BCUT2D eigenvalue weighted by Gasteiger charge is 2.30. The summed E-state index contributed by atoms with van der Waals surface area (Å²) in [6.07, 6.45) is 5.42. The molecule has 0 aromatic carbocycles. The minimum Gasteiger partial charge on any atom is -0.317 e. The van der Waals surface area contributed by atoms with Crippen molar-refractivity contribution in [3.63, 3.8) is 0 Å². The third kappa shape index (κ3) is 3.66. The second kappa shape index (κ2) is 5.67. The van der Waals surface area contributed by atoms with Crippen LogP contribution in [0.4, 0.5) is 0 Å². The smallest absolute Gasteiger partial charge is 0.151 e. The average molecular weight is 260 g/mol. The molecule has 0 spiro atoms. The quantitative estimate of drug-likeness (QED) is 0.791. The Kier molecular flexibility index (Phi) is 4.44. The lowest BCUT2D eigenvalue weighted by Gasteiger charge is -2.36. The molecule has 0 amide bonds. The van der Waals surface area contributed by atoms with Crippen LogP contribution >= 0.6 is 0 Å². The minimum absolute atomic E-state index is 0.247. The minimum atomic E-state index is -2.78. The molecule has 2 aliphatic rings. The Morgan fingerprint density at radius 3 is 2.59 bits per heavy atom. The molecule has 0 bridgehead atoms. The summed E-state index contributed by atoms with van der Waals surface area (Å²) < 4.78 is 23.4. The second-order valence-corrected chi connectivity index (χ2v) is 7.64. The van der Waals surface area contributed by atoms with Crippen LogP contribution in [0.15, 0.2) is 0 Å². The van der Waals surface area contributed by atoms with Gasteiger partial charge in [-0.05, 0) is 52.2 Å². The number of hydrogen-bond acceptors (Lipinski definition) is 4. The zero-order valence-electron chi connectivity index (χ0n) is 10.7. The predicted octanol–water partition coefficient (Wildman–Crippen LogP) is 0.638. The fourth-order valence-corrected chi connectivity index (χ4v) is 4.79. The number of nitrogens with zero attached hydrogens (tertiary/aromatic N) is 1. The maximum absolute atomic E-state index is 11.7. The van der Waals surface area contributed by atoms with Crippen LogP contribution in [0.1, 0.15) is 32.1 Å². The maximum Gasteiger partial charge on any atom is 0.151 e. The van der Waals surface area contributed by atoms with Crippen molar-refractivity contribution in [2.45, 2.75) is 44.2 Å². The first-order chi connectivity index (χ1) is 8.08. The van der Waals surface area contributed by atoms with Gasteiger partial charge in [-0.15, -0.1) is 0 Å². The average Bonchev–Trinajstić information content (AvgIpc) is 2.55. The topological polar surface area (TPSA) is 49.4 Å². The van der Waals surface area contributed by atoms with E-state index >= 15 is 0 Å². The van der Waals surface area contributed by atoms with E-state index in [0.717, 1.165) is 32.4 Å². The van der Waals surface area contributed by atoms with Gasteiger partial charge in [0.1, 0.15) is 0 Å². The highest BCUT2D eigenvalue weighted by Crippen LogP contribution is 2.22. The fourth-order valence-electron chi connectivity index (χ4n) is 3.03. The number of nitrogens with one attached hydrogen (secondary N) is 1. The molecule has 1 N–H and O–H groups in total. The van der Waals surface area contributed by atoms with Gasteiger partial charge < -0.3 is 5.32 Å². The third-order valence-corrected chi connectivity index (χ3v) is 5.94. The van der Waals surface area contributed by atoms with E-state index in [9.17, 15) is 8.42 Å². The molecule has 0 aromatic heterocycles. The van der Waals surface area contributed by atoms with Gasteiger partial charge in [-0.1, -0.05) is 0 Å². The van der Waals surface area contributed by atoms with E-state index in [2.05, 4.69) is 17.3 Å². The summed E-state index contributed by atoms with van der Waals surface area (Å²) in [7, 11) is -0.669. The summed E-state index contributed by atoms with van der Waals surface area (Å²) in [6.45, 7) is 2.17. The first-order valence-corrected chi connectivity index (χ1v) is 8.54. The summed E-state index contributed by atoms with van der Waals surface area (Å²) in [4.78, 5) is 2.34. The molecule has 2 atom stereocenters. The summed E-state index contributed by atoms with van der Waals surface area (Å²) in [5.74, 6) is 0.761. The van der Waals surface area contributed by atoms with Gasteiger partial charge in [-0.25, -0.2) is 8.42 Å². The van der Waals surface area contributed by atoms with Gasteiger partial charge in [0.05, 0.1) is 11.5 Å². The van der Waals surface area contributed by atoms with Crippen LogP contribution in [0.5, 0.6) is 0 Å². The molecular formula is C12H24N2O2S. The summed E-state index contributed by atoms with van der Waals surface area (Å²) in [5.41, 5.74) is 0. The molecular weight excluding hydrogens is 236 g/mol. The zero-order valence-corrected chi connectivity index (χ0v) is 11.5. The second-order valence-electron chi connectivity index (χ2n) is 5.41. The zero-order chi connectivity index (χ0) is 12.3. The van der Waals surface area contributed by atoms with Crippen LogP contribution in [0.25, 0.3) is 0 Å². The van der Waals surface area contributed by atoms with Gasteiger partial charge in [0.2, 0.25) is 0 Å². The SMILES string of the molecule is CN(C1CCCNCC1)C1CCCS(=O)(=O)C1. The first-order valence-electron chi connectivity index (χ1n) is 6.71. The lowest BCUT2D eigenvalue weighted by Crippen LogP contribution is -2.46. The standard InChI is InChI=1S/C12H24N2O2S/c1-14(11-4-2-7-13-8-6-11)12-5-3-9-17(15,16)10-12/h11-13H,2-10H2,1H3. The number of rotatable bonds is 2. The summed E-state index contributed by atoms with van der Waals surface area (Å²) in [5, 5.41) is 3.41. The first kappa shape index (κ1) is 13.3. The third-order valence-electron chi connectivity index (χ3n) is 4.14. The molecule has 2 saturated heterocycles. The predicted molar refractivity (Wildman–Crippen MR) is 69.9 cm³/mol. The number of hydrogen-bond donors (Lipinski definition) is 1. The van der Waals surface area contributed by atoms with Crippen molar-refractivity contribution in [3.05, 3.63) is 0 Å². The van der Waals surface area contributed by atoms with E-state index in [-0.39, 0.29) is 6.04 Å². The highest BCUT2D eigenvalue weighted by atomic mass is 32.2. The largest absolute Gasteiger partial charge is 0.317 e. The Labute approximate surface area is 105 Å². The van der Waals surface area contributed by atoms with Gasteiger partial charge in [0.15, 0.2) is 9.84 Å². The van der Waals surface area contributed by atoms with Crippen LogP contribution < -0.4 is 5.32 Å². The molecule has 4 nitrogen and oxygen atoms in total. The van der Waals surface area contributed by atoms with Crippen molar-refractivity contribution >= 4 is 9.84 Å². The summed E-state index contributed by atoms with van der Waals surface area (Å²) in [6, 6.07) is 0.806. The van der Waals surface area contributed by atoms with Crippen molar-refractivity contribution in [2.24, 2.45) is 0 Å². The van der Waals surface area contributed by atoms with Crippen molar-refractivity contribution in [1.82, 2.24) is 10.2 Å². The van der Waals surface area contributed by atoms with E-state index < -0.39 is 9.84 Å². The molecule has 0 saturated carbocycles. The van der Waals surface area contributed by atoms with Crippen LogP contribution in [-0.4, -0.2) is 57.0 Å². The molecule has 2 rings (SSSR count). The lowest BCUT2D eigenvalue weighted by atomic mass is 10.0. The molecule has 100 valence electrons. The fraction of sp³-hybridized carbons (Fsp3) is 1.00. The maximum atomic E-state index is 11.7.